The van der Waals surface area contributed by atoms with Crippen LogP contribution in [0.25, 0.3) is 22.2 Å². The van der Waals surface area contributed by atoms with E-state index in [4.69, 9.17) is 0 Å². The molecular formula is C22H19N5O. The van der Waals surface area contributed by atoms with E-state index < -0.39 is 0 Å². The van der Waals surface area contributed by atoms with Crippen LogP contribution in [0.15, 0.2) is 84.0 Å². The lowest BCUT2D eigenvalue weighted by Gasteiger charge is -2.06. The summed E-state index contributed by atoms with van der Waals surface area (Å²) in [6.45, 7) is 1.92. The van der Waals surface area contributed by atoms with E-state index in [0.29, 0.717) is 0 Å². The van der Waals surface area contributed by atoms with Crippen LogP contribution >= 0.6 is 0 Å². The van der Waals surface area contributed by atoms with Gasteiger partial charge in [-0.2, -0.15) is 5.10 Å². The predicted octanol–water partition coefficient (Wildman–Crippen LogP) is 3.64. The maximum Gasteiger partial charge on any atom is 0.261 e. The van der Waals surface area contributed by atoms with Crippen molar-refractivity contribution in [3.05, 3.63) is 84.4 Å². The quantitative estimate of drug-likeness (QED) is 0.431. The van der Waals surface area contributed by atoms with Crippen molar-refractivity contribution >= 4 is 22.7 Å². The van der Waals surface area contributed by atoms with Crippen LogP contribution in [0, 0.1) is 0 Å². The van der Waals surface area contributed by atoms with Crippen LogP contribution in [-0.4, -0.2) is 26.6 Å². The van der Waals surface area contributed by atoms with Gasteiger partial charge in [0.2, 0.25) is 0 Å². The number of para-hydroxylation sites is 1. The molecule has 0 aliphatic carbocycles. The molecule has 0 aliphatic rings. The van der Waals surface area contributed by atoms with Crippen LogP contribution in [0.5, 0.6) is 0 Å². The molecule has 1 N–H and O–H groups in total. The minimum Gasteiger partial charge on any atom is -0.271 e. The maximum atomic E-state index is 12.2. The number of nitrogens with one attached hydrogen (secondary N) is 1. The van der Waals surface area contributed by atoms with Crippen molar-refractivity contribution in [3.63, 3.8) is 0 Å². The fourth-order valence-corrected chi connectivity index (χ4v) is 2.95. The normalized spacial score (nSPS) is 11.5. The third-order valence-corrected chi connectivity index (χ3v) is 4.47. The Morgan fingerprint density at radius 3 is 2.39 bits per heavy atom. The molecule has 1 amide bonds. The summed E-state index contributed by atoms with van der Waals surface area (Å²) >= 11 is 0. The summed E-state index contributed by atoms with van der Waals surface area (Å²) in [5, 5.41) is 12.3. The first kappa shape index (κ1) is 17.6. The smallest absolute Gasteiger partial charge is 0.261 e. The molecule has 0 spiro atoms. The van der Waals surface area contributed by atoms with Crippen molar-refractivity contribution in [2.24, 2.45) is 5.10 Å². The molecule has 28 heavy (non-hydrogen) atoms. The Morgan fingerprint density at radius 1 is 0.929 bits per heavy atom. The summed E-state index contributed by atoms with van der Waals surface area (Å²) < 4.78 is 1.56. The van der Waals surface area contributed by atoms with E-state index in [2.05, 4.69) is 33.0 Å². The SMILES string of the molecule is CC(=NNC(=O)Cn1nnc2ccccc21)c1ccc(-c2ccccc2)cc1. The monoisotopic (exact) mass is 369 g/mol. The van der Waals surface area contributed by atoms with Crippen LogP contribution in [0.1, 0.15) is 12.5 Å². The van der Waals surface area contributed by atoms with E-state index >= 15 is 0 Å². The molecule has 3 aromatic carbocycles. The highest BCUT2D eigenvalue weighted by Gasteiger charge is 2.08. The largest absolute Gasteiger partial charge is 0.271 e. The van der Waals surface area contributed by atoms with Crippen molar-refractivity contribution in [1.29, 1.82) is 0 Å². The van der Waals surface area contributed by atoms with Gasteiger partial charge in [-0.15, -0.1) is 5.10 Å². The molecule has 6 nitrogen and oxygen atoms in total. The number of hydrogen-bond donors (Lipinski definition) is 1. The summed E-state index contributed by atoms with van der Waals surface area (Å²) in [5.41, 5.74) is 8.15. The molecule has 0 saturated carbocycles. The number of hydrazone groups is 1. The van der Waals surface area contributed by atoms with Crippen molar-refractivity contribution in [2.75, 3.05) is 0 Å². The van der Waals surface area contributed by atoms with Crippen molar-refractivity contribution < 1.29 is 4.79 Å². The van der Waals surface area contributed by atoms with Crippen LogP contribution in [0.2, 0.25) is 0 Å². The van der Waals surface area contributed by atoms with Crippen LogP contribution in [0.3, 0.4) is 0 Å². The molecule has 0 saturated heterocycles. The fraction of sp³-hybridized carbons (Fsp3) is 0.0909. The third-order valence-electron chi connectivity index (χ3n) is 4.47. The number of aromatic nitrogens is 3. The van der Waals surface area contributed by atoms with Crippen molar-refractivity contribution in [1.82, 2.24) is 20.4 Å². The lowest BCUT2D eigenvalue weighted by atomic mass is 10.0. The molecule has 138 valence electrons. The molecule has 4 aromatic rings. The Hall–Kier alpha value is -3.80. The van der Waals surface area contributed by atoms with Gasteiger partial charge in [0.1, 0.15) is 12.1 Å². The van der Waals surface area contributed by atoms with E-state index in [1.54, 1.807) is 4.68 Å². The van der Waals surface area contributed by atoms with Gasteiger partial charge in [0.05, 0.1) is 11.2 Å². The second-order valence-corrected chi connectivity index (χ2v) is 6.41. The first-order valence-corrected chi connectivity index (χ1v) is 8.98. The highest BCUT2D eigenvalue weighted by molar-refractivity contribution is 5.99. The number of benzene rings is 3. The van der Waals surface area contributed by atoms with Crippen molar-refractivity contribution in [3.8, 4) is 11.1 Å². The van der Waals surface area contributed by atoms with Gasteiger partial charge in [-0.3, -0.25) is 4.79 Å². The molecule has 0 bridgehead atoms. The van der Waals surface area contributed by atoms with Crippen molar-refractivity contribution in [2.45, 2.75) is 13.5 Å². The summed E-state index contributed by atoms with van der Waals surface area (Å²) in [4.78, 5) is 12.2. The van der Waals surface area contributed by atoms with E-state index in [-0.39, 0.29) is 12.5 Å². The summed E-state index contributed by atoms with van der Waals surface area (Å²) in [6.07, 6.45) is 0. The van der Waals surface area contributed by atoms with Gasteiger partial charge in [-0.25, -0.2) is 10.1 Å². The Morgan fingerprint density at radius 2 is 1.61 bits per heavy atom. The Labute approximate surface area is 162 Å². The number of amides is 1. The summed E-state index contributed by atoms with van der Waals surface area (Å²) in [6, 6.07) is 25.8. The van der Waals surface area contributed by atoms with Crippen LogP contribution in [-0.2, 0) is 11.3 Å². The van der Waals surface area contributed by atoms with Gasteiger partial charge >= 0.3 is 0 Å². The second kappa shape index (κ2) is 7.84. The average Bonchev–Trinajstić information content (AvgIpc) is 3.15. The molecule has 0 aliphatic heterocycles. The molecule has 0 fully saturated rings. The van der Waals surface area contributed by atoms with Gasteiger partial charge in [0.15, 0.2) is 0 Å². The van der Waals surface area contributed by atoms with Gasteiger partial charge in [-0.05, 0) is 35.7 Å². The number of rotatable bonds is 5. The fourth-order valence-electron chi connectivity index (χ4n) is 2.95. The van der Waals surface area contributed by atoms with Gasteiger partial charge in [-0.1, -0.05) is 71.9 Å². The highest BCUT2D eigenvalue weighted by Crippen LogP contribution is 2.19. The minimum atomic E-state index is -0.254. The van der Waals surface area contributed by atoms with Crippen LogP contribution < -0.4 is 5.43 Å². The third kappa shape index (κ3) is 3.81. The zero-order valence-electron chi connectivity index (χ0n) is 15.4. The predicted molar refractivity (Wildman–Crippen MR) is 110 cm³/mol. The molecule has 4 rings (SSSR count). The topological polar surface area (TPSA) is 72.2 Å². The minimum absolute atomic E-state index is 0.0598. The lowest BCUT2D eigenvalue weighted by Crippen LogP contribution is -2.24. The summed E-state index contributed by atoms with van der Waals surface area (Å²) in [7, 11) is 0. The van der Waals surface area contributed by atoms with E-state index in [9.17, 15) is 4.79 Å². The summed E-state index contributed by atoms with van der Waals surface area (Å²) in [5.74, 6) is -0.254. The molecule has 0 radical (unpaired) electrons. The average molecular weight is 369 g/mol. The molecular weight excluding hydrogens is 350 g/mol. The number of nitrogens with zero attached hydrogens (tertiary/aromatic N) is 4. The number of hydrogen-bond acceptors (Lipinski definition) is 4. The zero-order chi connectivity index (χ0) is 19.3. The standard InChI is InChI=1S/C22H19N5O/c1-16(17-11-13-19(14-12-17)18-7-3-2-4-8-18)23-25-22(28)15-27-21-10-6-5-9-20(21)24-26-27/h2-14H,15H2,1H3,(H,25,28). The molecule has 6 heteroatoms. The molecule has 0 unspecified atom stereocenters. The first-order chi connectivity index (χ1) is 13.7. The molecule has 1 aromatic heterocycles. The van der Waals surface area contributed by atoms with E-state index in [1.165, 1.54) is 0 Å². The van der Waals surface area contributed by atoms with E-state index in [1.807, 2.05) is 73.7 Å². The number of carbonyl (C=O) groups excluding carboxylic acids is 1. The van der Waals surface area contributed by atoms with Crippen LogP contribution in [0.4, 0.5) is 0 Å². The maximum absolute atomic E-state index is 12.2. The van der Waals surface area contributed by atoms with Gasteiger partial charge in [0.25, 0.3) is 5.91 Å². The lowest BCUT2D eigenvalue weighted by molar-refractivity contribution is -0.121. The Kier molecular flexibility index (Phi) is 4.93. The van der Waals surface area contributed by atoms with Gasteiger partial charge in [0, 0.05) is 0 Å². The molecule has 0 atom stereocenters. The second-order valence-electron chi connectivity index (χ2n) is 6.41. The zero-order valence-corrected chi connectivity index (χ0v) is 15.4. The number of fused-ring (bicyclic) bond motifs is 1. The molecule has 1 heterocycles. The van der Waals surface area contributed by atoms with Gasteiger partial charge < -0.3 is 0 Å². The number of carbonyl (C=O) groups is 1. The highest BCUT2D eigenvalue weighted by atomic mass is 16.2. The van der Waals surface area contributed by atoms with E-state index in [0.717, 1.165) is 33.4 Å². The Bertz CT molecular complexity index is 1130. The Balaban J connectivity index is 1.42. The first-order valence-electron chi connectivity index (χ1n) is 8.98.